The summed E-state index contributed by atoms with van der Waals surface area (Å²) in [6.45, 7) is 3.92. The van der Waals surface area contributed by atoms with Crippen LogP contribution in [0.4, 0.5) is 8.78 Å². The molecule has 0 aromatic heterocycles. The van der Waals surface area contributed by atoms with Crippen LogP contribution < -0.4 is 5.32 Å². The lowest BCUT2D eigenvalue weighted by Crippen LogP contribution is -2.63. The molecular formula is C29H38F2N2O3. The first-order valence-electron chi connectivity index (χ1n) is 13.8. The maximum absolute atomic E-state index is 16.3. The number of rotatable bonds is 7. The molecule has 1 saturated heterocycles. The van der Waals surface area contributed by atoms with Crippen LogP contribution in [0.1, 0.15) is 94.0 Å². The first-order chi connectivity index (χ1) is 17.1. The molecule has 1 aromatic rings. The Morgan fingerprint density at radius 3 is 2.36 bits per heavy atom. The molecule has 196 valence electrons. The quantitative estimate of drug-likeness (QED) is 0.551. The monoisotopic (exact) mass is 500 g/mol. The van der Waals surface area contributed by atoms with Crippen molar-refractivity contribution in [1.82, 2.24) is 10.2 Å². The molecular weight excluding hydrogens is 462 g/mol. The van der Waals surface area contributed by atoms with Gasteiger partial charge in [-0.2, -0.15) is 0 Å². The summed E-state index contributed by atoms with van der Waals surface area (Å²) in [5.74, 6) is -1.20. The lowest BCUT2D eigenvalue weighted by atomic mass is 9.44. The number of carbonyl (C=O) groups is 3. The zero-order valence-corrected chi connectivity index (χ0v) is 21.5. The van der Waals surface area contributed by atoms with Gasteiger partial charge in [0.1, 0.15) is 5.82 Å². The summed E-state index contributed by atoms with van der Waals surface area (Å²) in [5.41, 5.74) is -2.77. The predicted molar refractivity (Wildman–Crippen MR) is 132 cm³/mol. The summed E-state index contributed by atoms with van der Waals surface area (Å²) >= 11 is 0. The second-order valence-electron chi connectivity index (χ2n) is 12.1. The van der Waals surface area contributed by atoms with Crippen molar-refractivity contribution in [3.8, 4) is 0 Å². The van der Waals surface area contributed by atoms with Gasteiger partial charge in [0, 0.05) is 18.0 Å². The van der Waals surface area contributed by atoms with Crippen molar-refractivity contribution in [2.75, 3.05) is 13.1 Å². The van der Waals surface area contributed by atoms with Crippen molar-refractivity contribution < 1.29 is 23.2 Å². The molecule has 7 heteroatoms. The molecule has 4 aliphatic carbocycles. The smallest absolute Gasteiger partial charge is 0.254 e. The molecule has 0 unspecified atom stereocenters. The zero-order chi connectivity index (χ0) is 25.7. The molecule has 6 rings (SSSR count). The van der Waals surface area contributed by atoms with Crippen molar-refractivity contribution in [2.24, 2.45) is 23.2 Å². The van der Waals surface area contributed by atoms with E-state index in [1.807, 2.05) is 0 Å². The fourth-order valence-corrected chi connectivity index (χ4v) is 7.00. The molecule has 1 aromatic carbocycles. The van der Waals surface area contributed by atoms with Gasteiger partial charge in [0.25, 0.3) is 5.91 Å². The number of hydrogen-bond acceptors (Lipinski definition) is 3. The number of carbonyl (C=O) groups excluding carboxylic acids is 3. The number of alkyl halides is 1. The molecule has 4 saturated carbocycles. The minimum atomic E-state index is -2.05. The Labute approximate surface area is 212 Å². The molecule has 36 heavy (non-hydrogen) atoms. The average molecular weight is 501 g/mol. The zero-order valence-electron chi connectivity index (χ0n) is 21.5. The van der Waals surface area contributed by atoms with E-state index < -0.39 is 23.4 Å². The summed E-state index contributed by atoms with van der Waals surface area (Å²) in [4.78, 5) is 40.9. The highest BCUT2D eigenvalue weighted by Gasteiger charge is 2.63. The van der Waals surface area contributed by atoms with Gasteiger partial charge in [-0.25, -0.2) is 8.78 Å². The Hall–Kier alpha value is -2.31. The Balaban J connectivity index is 1.35. The number of Topliss-reactive ketones (excluding diaryl/α,β-unsaturated/α-hetero) is 1. The lowest BCUT2D eigenvalue weighted by Gasteiger charge is -2.61. The lowest BCUT2D eigenvalue weighted by molar-refractivity contribution is -0.180. The van der Waals surface area contributed by atoms with Gasteiger partial charge in [-0.1, -0.05) is 45.2 Å². The fourth-order valence-electron chi connectivity index (χ4n) is 7.00. The number of piperidine rings is 1. The summed E-state index contributed by atoms with van der Waals surface area (Å²) in [6, 6.07) is 3.56. The van der Waals surface area contributed by atoms with E-state index in [0.717, 1.165) is 51.4 Å². The fraction of sp³-hybridized carbons (Fsp3) is 0.690. The van der Waals surface area contributed by atoms with Crippen LogP contribution in [0.3, 0.4) is 0 Å². The molecule has 1 aliphatic heterocycles. The molecule has 5 fully saturated rings. The predicted octanol–water partition coefficient (Wildman–Crippen LogP) is 5.32. The van der Waals surface area contributed by atoms with Crippen LogP contribution in [0.15, 0.2) is 18.2 Å². The molecule has 0 spiro atoms. The van der Waals surface area contributed by atoms with E-state index in [-0.39, 0.29) is 53.0 Å². The molecule has 5 nitrogen and oxygen atoms in total. The van der Waals surface area contributed by atoms with Gasteiger partial charge in [0.2, 0.25) is 5.91 Å². The third-order valence-corrected chi connectivity index (χ3v) is 9.23. The summed E-state index contributed by atoms with van der Waals surface area (Å²) in [7, 11) is 0. The van der Waals surface area contributed by atoms with E-state index in [1.165, 1.54) is 18.2 Å². The number of amides is 2. The Kier molecular flexibility index (Phi) is 6.71. The van der Waals surface area contributed by atoms with E-state index in [2.05, 4.69) is 5.32 Å². The van der Waals surface area contributed by atoms with Crippen LogP contribution in [0.5, 0.6) is 0 Å². The Morgan fingerprint density at radius 2 is 1.75 bits per heavy atom. The van der Waals surface area contributed by atoms with Crippen LogP contribution in [0.25, 0.3) is 0 Å². The topological polar surface area (TPSA) is 66.5 Å². The van der Waals surface area contributed by atoms with Crippen LogP contribution in [-0.4, -0.2) is 41.6 Å². The number of likely N-dealkylation sites (tertiary alicyclic amines) is 1. The van der Waals surface area contributed by atoms with Crippen LogP contribution in [-0.2, 0) is 15.3 Å². The van der Waals surface area contributed by atoms with Crippen molar-refractivity contribution in [2.45, 2.75) is 89.8 Å². The summed E-state index contributed by atoms with van der Waals surface area (Å²) in [6.07, 6.45) is 8.06. The highest BCUT2D eigenvalue weighted by molar-refractivity contribution is 5.98. The van der Waals surface area contributed by atoms with Crippen molar-refractivity contribution in [3.05, 3.63) is 35.1 Å². The third kappa shape index (κ3) is 4.37. The Morgan fingerprint density at radius 1 is 1.06 bits per heavy atom. The number of benzene rings is 1. The molecule has 1 heterocycles. The molecule has 2 bridgehead atoms. The molecule has 2 amide bonds. The van der Waals surface area contributed by atoms with Crippen LogP contribution in [0, 0.1) is 29.0 Å². The van der Waals surface area contributed by atoms with Gasteiger partial charge in [-0.3, -0.25) is 14.4 Å². The standard InChI is InChI=1S/C29H38F2N2O3/c1-18(2)25(34)24(20-8-4-3-5-9-20)32-26(35)21-10-6-11-22(23(21)30)29(31)12-7-13-33(17-29)27(36)28-14-19(15-28)16-28/h6,10-11,18-20,24H,3-5,7-9,12-17H2,1-2H3,(H,32,35)/t19?,24-,28?,29+/m1/s1. The van der Waals surface area contributed by atoms with E-state index in [4.69, 9.17) is 0 Å². The molecule has 5 aliphatic rings. The number of ketones is 1. The van der Waals surface area contributed by atoms with E-state index in [1.54, 1.807) is 18.7 Å². The minimum Gasteiger partial charge on any atom is -0.342 e. The number of nitrogens with one attached hydrogen (secondary N) is 1. The summed E-state index contributed by atoms with van der Waals surface area (Å²) in [5, 5.41) is 2.82. The average Bonchev–Trinajstić information content (AvgIpc) is 2.80. The SMILES string of the molecule is CC(C)C(=O)[C@H](NC(=O)c1cccc([C@]2(F)CCCN(C(=O)C34CC(C3)C4)C2)c1F)C1CCCCC1. The van der Waals surface area contributed by atoms with E-state index in [0.29, 0.717) is 18.9 Å². The Bertz CT molecular complexity index is 1030. The number of nitrogens with zero attached hydrogens (tertiary/aromatic N) is 1. The van der Waals surface area contributed by atoms with Gasteiger partial charge in [0.05, 0.1) is 23.6 Å². The highest BCUT2D eigenvalue weighted by atomic mass is 19.1. The maximum Gasteiger partial charge on any atom is 0.254 e. The van der Waals surface area contributed by atoms with E-state index in [9.17, 15) is 14.4 Å². The van der Waals surface area contributed by atoms with Crippen molar-refractivity contribution >= 4 is 17.6 Å². The number of halogens is 2. The van der Waals surface area contributed by atoms with Crippen LogP contribution >= 0.6 is 0 Å². The van der Waals surface area contributed by atoms with Crippen molar-refractivity contribution in [1.29, 1.82) is 0 Å². The third-order valence-electron chi connectivity index (χ3n) is 9.23. The van der Waals surface area contributed by atoms with Gasteiger partial charge < -0.3 is 10.2 Å². The summed E-state index contributed by atoms with van der Waals surface area (Å²) < 4.78 is 32.1. The van der Waals surface area contributed by atoms with Gasteiger partial charge in [0.15, 0.2) is 11.5 Å². The minimum absolute atomic E-state index is 0.00329. The maximum atomic E-state index is 16.3. The highest BCUT2D eigenvalue weighted by Crippen LogP contribution is 2.65. The van der Waals surface area contributed by atoms with Crippen LogP contribution in [0.2, 0.25) is 0 Å². The number of hydrogen-bond donors (Lipinski definition) is 1. The van der Waals surface area contributed by atoms with Gasteiger partial charge >= 0.3 is 0 Å². The first kappa shape index (κ1) is 25.3. The first-order valence-corrected chi connectivity index (χ1v) is 13.8. The van der Waals surface area contributed by atoms with Crippen molar-refractivity contribution in [3.63, 3.8) is 0 Å². The molecule has 0 radical (unpaired) electrons. The van der Waals surface area contributed by atoms with E-state index >= 15 is 8.78 Å². The normalized spacial score (nSPS) is 30.8. The second-order valence-corrected chi connectivity index (χ2v) is 12.1. The van der Waals surface area contributed by atoms with Gasteiger partial charge in [-0.05, 0) is 62.8 Å². The largest absolute Gasteiger partial charge is 0.342 e. The molecule has 2 atom stereocenters. The molecule has 1 N–H and O–H groups in total. The van der Waals surface area contributed by atoms with Gasteiger partial charge in [-0.15, -0.1) is 0 Å². The second kappa shape index (κ2) is 9.53.